The van der Waals surface area contributed by atoms with Crippen molar-refractivity contribution in [1.82, 2.24) is 5.32 Å². The first-order valence-electron chi connectivity index (χ1n) is 10.5. The zero-order chi connectivity index (χ0) is 20.6. The van der Waals surface area contributed by atoms with Gasteiger partial charge in [0.1, 0.15) is 11.8 Å². The van der Waals surface area contributed by atoms with Crippen LogP contribution in [0.2, 0.25) is 0 Å². The Morgan fingerprint density at radius 3 is 2.21 bits per heavy atom. The number of phenols is 1. The maximum atomic E-state index is 12.0. The molecule has 28 heavy (non-hydrogen) atoms. The van der Waals surface area contributed by atoms with Crippen LogP contribution in [0.3, 0.4) is 0 Å². The lowest BCUT2D eigenvalue weighted by molar-refractivity contribution is -0.141. The van der Waals surface area contributed by atoms with Gasteiger partial charge in [0.2, 0.25) is 5.91 Å². The quantitative estimate of drug-likeness (QED) is 0.292. The molecule has 1 aromatic carbocycles. The summed E-state index contributed by atoms with van der Waals surface area (Å²) in [6.45, 7) is 2.20. The summed E-state index contributed by atoms with van der Waals surface area (Å²) in [7, 11) is 0. The van der Waals surface area contributed by atoms with E-state index in [1.54, 1.807) is 12.1 Å². The number of carbonyl (C=O) groups is 2. The summed E-state index contributed by atoms with van der Waals surface area (Å²) in [6, 6.07) is 5.40. The number of aliphatic carboxylic acids is 1. The smallest absolute Gasteiger partial charge is 0.326 e. The third-order valence-electron chi connectivity index (χ3n) is 4.68. The molecule has 1 aromatic rings. The molecule has 0 bridgehead atoms. The molecule has 1 amide bonds. The van der Waals surface area contributed by atoms with Crippen molar-refractivity contribution in [2.24, 2.45) is 0 Å². The maximum absolute atomic E-state index is 12.0. The van der Waals surface area contributed by atoms with E-state index in [-0.39, 0.29) is 18.1 Å². The summed E-state index contributed by atoms with van der Waals surface area (Å²) in [5, 5.41) is 21.2. The maximum Gasteiger partial charge on any atom is 0.326 e. The molecule has 0 saturated heterocycles. The first-order chi connectivity index (χ1) is 13.5. The number of aromatic hydroxyl groups is 1. The highest BCUT2D eigenvalue weighted by Gasteiger charge is 2.20. The van der Waals surface area contributed by atoms with Crippen LogP contribution in [0.4, 0.5) is 0 Å². The van der Waals surface area contributed by atoms with Gasteiger partial charge in [-0.1, -0.05) is 63.3 Å². The summed E-state index contributed by atoms with van der Waals surface area (Å²) >= 11 is 0. The number of hydrogen-bond acceptors (Lipinski definition) is 3. The third-order valence-corrected chi connectivity index (χ3v) is 4.68. The van der Waals surface area contributed by atoms with Gasteiger partial charge in [0.25, 0.3) is 0 Å². The monoisotopic (exact) mass is 389 g/mol. The van der Waals surface area contributed by atoms with Crippen LogP contribution in [0.1, 0.15) is 76.7 Å². The second-order valence-corrected chi connectivity index (χ2v) is 7.25. The first-order valence-corrected chi connectivity index (χ1v) is 10.5. The average Bonchev–Trinajstić information content (AvgIpc) is 2.67. The number of carboxylic acids is 1. The molecular formula is C23H35NO4. The number of phenolic OH excluding ortho intramolecular Hbond substituents is 1. The van der Waals surface area contributed by atoms with Gasteiger partial charge in [0.05, 0.1) is 0 Å². The van der Waals surface area contributed by atoms with Gasteiger partial charge < -0.3 is 15.5 Å². The Kier molecular flexibility index (Phi) is 12.5. The minimum atomic E-state index is -1.05. The normalized spacial score (nSPS) is 12.2. The van der Waals surface area contributed by atoms with Gasteiger partial charge in [-0.3, -0.25) is 4.79 Å². The first kappa shape index (κ1) is 23.7. The molecule has 0 aliphatic carbocycles. The van der Waals surface area contributed by atoms with Crippen LogP contribution in [0.5, 0.6) is 5.75 Å². The van der Waals surface area contributed by atoms with E-state index in [4.69, 9.17) is 0 Å². The van der Waals surface area contributed by atoms with E-state index in [1.165, 1.54) is 44.2 Å². The summed E-state index contributed by atoms with van der Waals surface area (Å²) in [5.41, 5.74) is 0.759. The number of benzene rings is 1. The van der Waals surface area contributed by atoms with Gasteiger partial charge in [-0.25, -0.2) is 4.79 Å². The van der Waals surface area contributed by atoms with Crippen LogP contribution >= 0.6 is 0 Å². The fourth-order valence-corrected chi connectivity index (χ4v) is 2.97. The fourth-order valence-electron chi connectivity index (χ4n) is 2.97. The molecule has 0 aliphatic rings. The number of nitrogens with one attached hydrogen (secondary N) is 1. The molecule has 0 aromatic heterocycles. The molecule has 0 saturated carbocycles. The topological polar surface area (TPSA) is 86.6 Å². The molecule has 0 fully saturated rings. The van der Waals surface area contributed by atoms with Crippen molar-refractivity contribution in [2.75, 3.05) is 0 Å². The van der Waals surface area contributed by atoms with E-state index >= 15 is 0 Å². The highest BCUT2D eigenvalue weighted by molar-refractivity contribution is 5.83. The number of carboxylic acid groups (broad SMARTS) is 1. The van der Waals surface area contributed by atoms with E-state index in [1.807, 2.05) is 0 Å². The van der Waals surface area contributed by atoms with E-state index in [2.05, 4.69) is 24.4 Å². The van der Waals surface area contributed by atoms with Crippen molar-refractivity contribution < 1.29 is 19.8 Å². The molecular weight excluding hydrogens is 354 g/mol. The van der Waals surface area contributed by atoms with Gasteiger partial charge in [0, 0.05) is 12.8 Å². The van der Waals surface area contributed by atoms with Crippen LogP contribution < -0.4 is 5.32 Å². The highest BCUT2D eigenvalue weighted by atomic mass is 16.4. The predicted octanol–water partition coefficient (Wildman–Crippen LogP) is 4.98. The van der Waals surface area contributed by atoms with Crippen molar-refractivity contribution >= 4 is 11.9 Å². The van der Waals surface area contributed by atoms with Gasteiger partial charge in [0.15, 0.2) is 0 Å². The van der Waals surface area contributed by atoms with Crippen molar-refractivity contribution in [3.05, 3.63) is 42.0 Å². The molecule has 0 heterocycles. The lowest BCUT2D eigenvalue weighted by Gasteiger charge is -2.14. The van der Waals surface area contributed by atoms with Gasteiger partial charge in [-0.2, -0.15) is 0 Å². The largest absolute Gasteiger partial charge is 0.508 e. The van der Waals surface area contributed by atoms with Crippen molar-refractivity contribution in [1.29, 1.82) is 0 Å². The van der Waals surface area contributed by atoms with E-state index < -0.39 is 12.0 Å². The second-order valence-electron chi connectivity index (χ2n) is 7.25. The summed E-state index contributed by atoms with van der Waals surface area (Å²) in [5.74, 6) is -1.13. The molecule has 3 N–H and O–H groups in total. The van der Waals surface area contributed by atoms with E-state index in [0.717, 1.165) is 31.2 Å². The van der Waals surface area contributed by atoms with Crippen LogP contribution in [0.15, 0.2) is 36.4 Å². The van der Waals surface area contributed by atoms with E-state index in [9.17, 15) is 19.8 Å². The van der Waals surface area contributed by atoms with Crippen molar-refractivity contribution in [2.45, 2.75) is 83.6 Å². The van der Waals surface area contributed by atoms with Crippen LogP contribution in [0, 0.1) is 0 Å². The number of rotatable bonds is 15. The Bertz CT molecular complexity index is 595. The zero-order valence-electron chi connectivity index (χ0n) is 17.0. The Hall–Kier alpha value is -2.30. The minimum absolute atomic E-state index is 0.132. The van der Waals surface area contributed by atoms with Crippen molar-refractivity contribution in [3.8, 4) is 5.75 Å². The summed E-state index contributed by atoms with van der Waals surface area (Å²) < 4.78 is 0. The predicted molar refractivity (Wildman–Crippen MR) is 112 cm³/mol. The number of carbonyl (C=O) groups excluding carboxylic acids is 1. The molecule has 0 aliphatic heterocycles. The second kappa shape index (κ2) is 14.7. The summed E-state index contributed by atoms with van der Waals surface area (Å²) in [4.78, 5) is 23.4. The zero-order valence-corrected chi connectivity index (χ0v) is 17.0. The Balaban J connectivity index is 2.15. The van der Waals surface area contributed by atoms with E-state index in [0.29, 0.717) is 6.42 Å². The molecule has 156 valence electrons. The van der Waals surface area contributed by atoms with Crippen LogP contribution in [0.25, 0.3) is 0 Å². The van der Waals surface area contributed by atoms with Gasteiger partial charge >= 0.3 is 5.97 Å². The number of allylic oxidation sites excluding steroid dienone is 2. The van der Waals surface area contributed by atoms with Crippen LogP contribution in [-0.4, -0.2) is 28.1 Å². The van der Waals surface area contributed by atoms with Crippen molar-refractivity contribution in [3.63, 3.8) is 0 Å². The lowest BCUT2D eigenvalue weighted by atomic mass is 10.0. The van der Waals surface area contributed by atoms with Gasteiger partial charge in [-0.05, 0) is 43.4 Å². The molecule has 0 spiro atoms. The Labute approximate surface area is 168 Å². The molecule has 5 nitrogen and oxygen atoms in total. The Morgan fingerprint density at radius 1 is 0.964 bits per heavy atom. The fraction of sp³-hybridized carbons (Fsp3) is 0.565. The third kappa shape index (κ3) is 11.4. The lowest BCUT2D eigenvalue weighted by Crippen LogP contribution is -2.42. The van der Waals surface area contributed by atoms with Gasteiger partial charge in [-0.15, -0.1) is 0 Å². The van der Waals surface area contributed by atoms with Crippen LogP contribution in [-0.2, 0) is 16.0 Å². The highest BCUT2D eigenvalue weighted by Crippen LogP contribution is 2.12. The molecule has 5 heteroatoms. The standard InChI is InChI=1S/C23H35NO4/c1-2-3-4-5-6-7-8-9-10-11-12-13-22(26)24-21(23(27)28)18-19-14-16-20(25)17-15-19/h5-6,14-17,21,25H,2-4,7-13,18H2,1H3,(H,24,26)(H,27,28)/b6-5-/t21-/m0/s1. The molecule has 1 rings (SSSR count). The number of amides is 1. The minimum Gasteiger partial charge on any atom is -0.508 e. The SMILES string of the molecule is CCCC/C=C\CCCCCCCC(=O)N[C@@H](Cc1ccc(O)cc1)C(=O)O. The molecule has 0 unspecified atom stereocenters. The Morgan fingerprint density at radius 2 is 1.57 bits per heavy atom. The molecule has 0 radical (unpaired) electrons. The molecule has 1 atom stereocenters. The number of hydrogen-bond donors (Lipinski definition) is 3. The summed E-state index contributed by atoms with van der Waals surface area (Å²) in [6.07, 6.45) is 15.1. The number of unbranched alkanes of at least 4 members (excludes halogenated alkanes) is 7. The average molecular weight is 390 g/mol.